The zero-order chi connectivity index (χ0) is 14.7. The molecular formula is C15H19N3OS. The fourth-order valence-electron chi connectivity index (χ4n) is 2.13. The zero-order valence-electron chi connectivity index (χ0n) is 12.2. The smallest absolute Gasteiger partial charge is 0.257 e. The average molecular weight is 289 g/mol. The van der Waals surface area contributed by atoms with Gasteiger partial charge in [0.1, 0.15) is 0 Å². The Morgan fingerprint density at radius 2 is 1.95 bits per heavy atom. The Bertz CT molecular complexity index is 585. The monoisotopic (exact) mass is 289 g/mol. The molecule has 0 saturated carbocycles. The molecule has 0 radical (unpaired) electrons. The predicted molar refractivity (Wildman–Crippen MR) is 82.1 cm³/mol. The van der Waals surface area contributed by atoms with Crippen LogP contribution in [0.3, 0.4) is 0 Å². The Morgan fingerprint density at radius 1 is 1.30 bits per heavy atom. The van der Waals surface area contributed by atoms with Crippen LogP contribution in [0.5, 0.6) is 0 Å². The van der Waals surface area contributed by atoms with Gasteiger partial charge in [-0.3, -0.25) is 9.89 Å². The van der Waals surface area contributed by atoms with E-state index in [2.05, 4.69) is 40.7 Å². The molecule has 2 rings (SSSR count). The third-order valence-corrected chi connectivity index (χ3v) is 4.01. The van der Waals surface area contributed by atoms with E-state index in [0.717, 1.165) is 17.0 Å². The van der Waals surface area contributed by atoms with Crippen molar-refractivity contribution >= 4 is 17.7 Å². The summed E-state index contributed by atoms with van der Waals surface area (Å²) >= 11 is 1.71. The van der Waals surface area contributed by atoms with Crippen LogP contribution in [0.25, 0.3) is 0 Å². The van der Waals surface area contributed by atoms with Crippen molar-refractivity contribution in [2.75, 3.05) is 13.3 Å². The van der Waals surface area contributed by atoms with Gasteiger partial charge in [0.15, 0.2) is 0 Å². The molecule has 1 N–H and O–H groups in total. The molecule has 0 spiro atoms. The Morgan fingerprint density at radius 3 is 2.45 bits per heavy atom. The van der Waals surface area contributed by atoms with E-state index in [4.69, 9.17) is 0 Å². The summed E-state index contributed by atoms with van der Waals surface area (Å²) in [6.45, 7) is 4.31. The van der Waals surface area contributed by atoms with Crippen molar-refractivity contribution in [1.82, 2.24) is 15.1 Å². The number of H-pyrrole nitrogens is 1. The number of amides is 1. The first-order chi connectivity index (χ1) is 9.52. The van der Waals surface area contributed by atoms with Crippen molar-refractivity contribution in [1.29, 1.82) is 0 Å². The van der Waals surface area contributed by atoms with Gasteiger partial charge in [0.05, 0.1) is 11.3 Å². The minimum Gasteiger partial charge on any atom is -0.337 e. The van der Waals surface area contributed by atoms with Crippen molar-refractivity contribution in [2.45, 2.75) is 25.3 Å². The molecule has 2 aromatic rings. The van der Waals surface area contributed by atoms with Gasteiger partial charge < -0.3 is 4.90 Å². The van der Waals surface area contributed by atoms with Gasteiger partial charge in [-0.2, -0.15) is 5.10 Å². The predicted octanol–water partition coefficient (Wildman–Crippen LogP) is 3.02. The molecule has 1 amide bonds. The maximum Gasteiger partial charge on any atom is 0.257 e. The van der Waals surface area contributed by atoms with Gasteiger partial charge in [-0.15, -0.1) is 11.8 Å². The van der Waals surface area contributed by atoms with Gasteiger partial charge in [-0.05, 0) is 37.8 Å². The lowest BCUT2D eigenvalue weighted by atomic mass is 10.1. The number of aromatic amines is 1. The van der Waals surface area contributed by atoms with Crippen LogP contribution in [0.2, 0.25) is 0 Å². The van der Waals surface area contributed by atoms with E-state index in [9.17, 15) is 4.79 Å². The first-order valence-corrected chi connectivity index (χ1v) is 7.65. The number of thioether (sulfide) groups is 1. The Hall–Kier alpha value is -1.75. The summed E-state index contributed by atoms with van der Waals surface area (Å²) in [5.74, 6) is 0.00249. The van der Waals surface area contributed by atoms with Crippen LogP contribution in [0, 0.1) is 13.8 Å². The highest BCUT2D eigenvalue weighted by Gasteiger charge is 2.19. The lowest BCUT2D eigenvalue weighted by Gasteiger charge is -2.17. The summed E-state index contributed by atoms with van der Waals surface area (Å²) in [5, 5.41) is 6.93. The molecule has 0 fully saturated rings. The summed E-state index contributed by atoms with van der Waals surface area (Å²) in [7, 11) is 1.82. The summed E-state index contributed by atoms with van der Waals surface area (Å²) in [6.07, 6.45) is 2.05. The van der Waals surface area contributed by atoms with Crippen LogP contribution < -0.4 is 0 Å². The molecule has 0 atom stereocenters. The second-order valence-corrected chi connectivity index (χ2v) is 5.70. The number of benzene rings is 1. The number of hydrogen-bond donors (Lipinski definition) is 1. The average Bonchev–Trinajstić information content (AvgIpc) is 2.78. The van der Waals surface area contributed by atoms with Crippen LogP contribution >= 0.6 is 11.8 Å². The molecule has 0 unspecified atom stereocenters. The molecule has 0 aliphatic carbocycles. The molecule has 5 heteroatoms. The Labute approximate surface area is 123 Å². The van der Waals surface area contributed by atoms with Crippen LogP contribution in [-0.2, 0) is 6.54 Å². The zero-order valence-corrected chi connectivity index (χ0v) is 13.0. The standard InChI is InChI=1S/C15H19N3OS/c1-10-14(11(2)17-16-10)15(19)18(3)9-12-5-7-13(20-4)8-6-12/h5-8H,9H2,1-4H3,(H,16,17). The first kappa shape index (κ1) is 14.7. The Balaban J connectivity index is 2.11. The number of nitrogens with one attached hydrogen (secondary N) is 1. The molecule has 0 saturated heterocycles. The number of aromatic nitrogens is 2. The van der Waals surface area contributed by atoms with Crippen LogP contribution in [0.4, 0.5) is 0 Å². The highest BCUT2D eigenvalue weighted by molar-refractivity contribution is 7.98. The normalized spacial score (nSPS) is 10.6. The fraction of sp³-hybridized carbons (Fsp3) is 0.333. The number of rotatable bonds is 4. The second-order valence-electron chi connectivity index (χ2n) is 4.82. The van der Waals surface area contributed by atoms with E-state index in [0.29, 0.717) is 12.1 Å². The SMILES string of the molecule is CSc1ccc(CN(C)C(=O)c2c(C)n[nH]c2C)cc1. The van der Waals surface area contributed by atoms with Gasteiger partial charge >= 0.3 is 0 Å². The van der Waals surface area contributed by atoms with Gasteiger partial charge in [-0.25, -0.2) is 0 Å². The van der Waals surface area contributed by atoms with Gasteiger partial charge in [0.2, 0.25) is 0 Å². The van der Waals surface area contributed by atoms with Crippen LogP contribution in [-0.4, -0.2) is 34.3 Å². The minimum absolute atomic E-state index is 0.00249. The maximum atomic E-state index is 12.4. The highest BCUT2D eigenvalue weighted by atomic mass is 32.2. The third-order valence-electron chi connectivity index (χ3n) is 3.27. The van der Waals surface area contributed by atoms with Crippen molar-refractivity contribution in [2.24, 2.45) is 0 Å². The van der Waals surface area contributed by atoms with Crippen molar-refractivity contribution < 1.29 is 4.79 Å². The number of carbonyl (C=O) groups excluding carboxylic acids is 1. The molecule has 1 aromatic heterocycles. The van der Waals surface area contributed by atoms with E-state index in [-0.39, 0.29) is 5.91 Å². The number of hydrogen-bond acceptors (Lipinski definition) is 3. The highest BCUT2D eigenvalue weighted by Crippen LogP contribution is 2.17. The number of nitrogens with zero attached hydrogens (tertiary/aromatic N) is 2. The van der Waals surface area contributed by atoms with Crippen molar-refractivity contribution in [3.63, 3.8) is 0 Å². The van der Waals surface area contributed by atoms with Gasteiger partial charge in [0, 0.05) is 24.2 Å². The molecule has 0 aliphatic rings. The maximum absolute atomic E-state index is 12.4. The first-order valence-electron chi connectivity index (χ1n) is 6.43. The van der Waals surface area contributed by atoms with Crippen LogP contribution in [0.15, 0.2) is 29.2 Å². The van der Waals surface area contributed by atoms with Gasteiger partial charge in [0.25, 0.3) is 5.91 Å². The molecule has 106 valence electrons. The van der Waals surface area contributed by atoms with E-state index >= 15 is 0 Å². The van der Waals surface area contributed by atoms with Crippen LogP contribution in [0.1, 0.15) is 27.3 Å². The third kappa shape index (κ3) is 3.04. The van der Waals surface area contributed by atoms with Gasteiger partial charge in [-0.1, -0.05) is 12.1 Å². The quantitative estimate of drug-likeness (QED) is 0.880. The second kappa shape index (κ2) is 6.13. The fourth-order valence-corrected chi connectivity index (χ4v) is 2.54. The summed E-state index contributed by atoms with van der Waals surface area (Å²) < 4.78 is 0. The Kier molecular flexibility index (Phi) is 4.49. The summed E-state index contributed by atoms with van der Waals surface area (Å²) in [6, 6.07) is 8.27. The lowest BCUT2D eigenvalue weighted by molar-refractivity contribution is 0.0783. The molecule has 0 aliphatic heterocycles. The lowest BCUT2D eigenvalue weighted by Crippen LogP contribution is -2.27. The summed E-state index contributed by atoms with van der Waals surface area (Å²) in [5.41, 5.74) is 3.36. The van der Waals surface area contributed by atoms with E-state index in [1.54, 1.807) is 16.7 Å². The van der Waals surface area contributed by atoms with Crippen molar-refractivity contribution in [3.05, 3.63) is 46.8 Å². The molecule has 4 nitrogen and oxygen atoms in total. The molecule has 20 heavy (non-hydrogen) atoms. The number of aryl methyl sites for hydroxylation is 2. The van der Waals surface area contributed by atoms with E-state index in [1.807, 2.05) is 20.9 Å². The van der Waals surface area contributed by atoms with Crippen molar-refractivity contribution in [3.8, 4) is 0 Å². The topological polar surface area (TPSA) is 49.0 Å². The van der Waals surface area contributed by atoms with E-state index < -0.39 is 0 Å². The largest absolute Gasteiger partial charge is 0.337 e. The molecule has 1 heterocycles. The van der Waals surface area contributed by atoms with E-state index in [1.165, 1.54) is 4.90 Å². The molecular weight excluding hydrogens is 270 g/mol. The molecule has 1 aromatic carbocycles. The minimum atomic E-state index is 0.00249. The summed E-state index contributed by atoms with van der Waals surface area (Å²) in [4.78, 5) is 15.4. The molecule has 0 bridgehead atoms. The number of carbonyl (C=O) groups is 1.